The summed E-state index contributed by atoms with van der Waals surface area (Å²) in [7, 11) is 0. The molecule has 0 aliphatic carbocycles. The van der Waals surface area contributed by atoms with E-state index in [1.807, 2.05) is 30.3 Å². The van der Waals surface area contributed by atoms with Gasteiger partial charge in [0.25, 0.3) is 0 Å². The summed E-state index contributed by atoms with van der Waals surface area (Å²) < 4.78 is 11.5. The highest BCUT2D eigenvalue weighted by atomic mass is 79.9. The fraction of sp³-hybridized carbons (Fsp3) is 0.333. The maximum Gasteiger partial charge on any atom is 0.195 e. The van der Waals surface area contributed by atoms with Crippen molar-refractivity contribution < 1.29 is 24.8 Å². The van der Waals surface area contributed by atoms with E-state index in [0.29, 0.717) is 5.75 Å². The normalized spacial score (nSPS) is 29.5. The molecule has 0 amide bonds. The predicted molar refractivity (Wildman–Crippen MR) is 80.0 cm³/mol. The SMILES string of the molecule is O[C@@H]1[C@@H](Oc2ccc3cc(Br)ccc3c2)[C@H](O)OC[C@H]1O. The van der Waals surface area contributed by atoms with Crippen LogP contribution in [0, 0.1) is 0 Å². The summed E-state index contributed by atoms with van der Waals surface area (Å²) in [6.07, 6.45) is -4.57. The summed E-state index contributed by atoms with van der Waals surface area (Å²) in [5, 5.41) is 31.2. The first-order valence-corrected chi connectivity index (χ1v) is 7.36. The number of aliphatic hydroxyl groups is 3. The van der Waals surface area contributed by atoms with Crippen LogP contribution in [-0.2, 0) is 4.74 Å². The van der Waals surface area contributed by atoms with E-state index in [9.17, 15) is 15.3 Å². The lowest BCUT2D eigenvalue weighted by Crippen LogP contribution is -2.55. The highest BCUT2D eigenvalue weighted by molar-refractivity contribution is 9.10. The summed E-state index contributed by atoms with van der Waals surface area (Å²) in [6, 6.07) is 11.3. The van der Waals surface area contributed by atoms with Gasteiger partial charge in [-0.2, -0.15) is 0 Å². The second-order valence-corrected chi connectivity index (χ2v) is 5.93. The molecule has 1 fully saturated rings. The number of fused-ring (bicyclic) bond motifs is 1. The summed E-state index contributed by atoms with van der Waals surface area (Å²) >= 11 is 3.41. The van der Waals surface area contributed by atoms with Gasteiger partial charge in [0.15, 0.2) is 12.4 Å². The summed E-state index contributed by atoms with van der Waals surface area (Å²) in [5.41, 5.74) is 0. The van der Waals surface area contributed by atoms with Crippen LogP contribution in [0.3, 0.4) is 0 Å². The molecule has 112 valence electrons. The molecule has 2 aromatic carbocycles. The smallest absolute Gasteiger partial charge is 0.195 e. The Morgan fingerprint density at radius 3 is 2.57 bits per heavy atom. The highest BCUT2D eigenvalue weighted by Crippen LogP contribution is 2.26. The third kappa shape index (κ3) is 3.04. The molecule has 5 nitrogen and oxygen atoms in total. The van der Waals surface area contributed by atoms with Crippen molar-refractivity contribution in [2.45, 2.75) is 24.6 Å². The highest BCUT2D eigenvalue weighted by Gasteiger charge is 2.39. The first-order chi connectivity index (χ1) is 10.0. The van der Waals surface area contributed by atoms with Gasteiger partial charge in [-0.3, -0.25) is 0 Å². The minimum atomic E-state index is -1.27. The van der Waals surface area contributed by atoms with E-state index in [1.54, 1.807) is 6.07 Å². The second kappa shape index (κ2) is 5.90. The first-order valence-electron chi connectivity index (χ1n) is 6.56. The molecule has 0 bridgehead atoms. The van der Waals surface area contributed by atoms with Crippen LogP contribution >= 0.6 is 15.9 Å². The van der Waals surface area contributed by atoms with Gasteiger partial charge in [0.2, 0.25) is 0 Å². The summed E-state index contributed by atoms with van der Waals surface area (Å²) in [5.74, 6) is 0.491. The average Bonchev–Trinajstić information content (AvgIpc) is 2.48. The van der Waals surface area contributed by atoms with Gasteiger partial charge in [-0.1, -0.05) is 28.1 Å². The summed E-state index contributed by atoms with van der Waals surface area (Å²) in [6.45, 7) is -0.117. The van der Waals surface area contributed by atoms with Crippen LogP contribution in [0.4, 0.5) is 0 Å². The number of ether oxygens (including phenoxy) is 2. The van der Waals surface area contributed by atoms with Crippen molar-refractivity contribution >= 4 is 26.7 Å². The van der Waals surface area contributed by atoms with Gasteiger partial charge < -0.3 is 24.8 Å². The molecule has 1 saturated heterocycles. The minimum Gasteiger partial charge on any atom is -0.482 e. The lowest BCUT2D eigenvalue weighted by atomic mass is 10.1. The number of hydrogen-bond donors (Lipinski definition) is 3. The van der Waals surface area contributed by atoms with Gasteiger partial charge >= 0.3 is 0 Å². The van der Waals surface area contributed by atoms with E-state index in [-0.39, 0.29) is 6.61 Å². The van der Waals surface area contributed by atoms with E-state index in [4.69, 9.17) is 9.47 Å². The zero-order valence-corrected chi connectivity index (χ0v) is 12.6. The lowest BCUT2D eigenvalue weighted by molar-refractivity contribution is -0.244. The first kappa shape index (κ1) is 14.7. The van der Waals surface area contributed by atoms with Crippen molar-refractivity contribution in [1.29, 1.82) is 0 Å². The number of benzene rings is 2. The van der Waals surface area contributed by atoms with Crippen LogP contribution in [0.5, 0.6) is 5.75 Å². The fourth-order valence-electron chi connectivity index (χ4n) is 2.33. The largest absolute Gasteiger partial charge is 0.482 e. The molecular formula is C15H15BrO5. The molecule has 1 heterocycles. The van der Waals surface area contributed by atoms with Crippen LogP contribution < -0.4 is 4.74 Å². The molecule has 4 atom stereocenters. The Hall–Kier alpha value is -1.18. The van der Waals surface area contributed by atoms with Gasteiger partial charge in [-0.25, -0.2) is 0 Å². The zero-order valence-electron chi connectivity index (χ0n) is 11.0. The Bertz CT molecular complexity index is 647. The molecule has 0 aromatic heterocycles. The van der Waals surface area contributed by atoms with E-state index in [1.165, 1.54) is 0 Å². The van der Waals surface area contributed by atoms with Crippen LogP contribution in [0.1, 0.15) is 0 Å². The molecule has 0 unspecified atom stereocenters. The molecule has 3 rings (SSSR count). The lowest BCUT2D eigenvalue weighted by Gasteiger charge is -2.35. The van der Waals surface area contributed by atoms with E-state index in [0.717, 1.165) is 15.2 Å². The Kier molecular flexibility index (Phi) is 4.14. The van der Waals surface area contributed by atoms with Crippen molar-refractivity contribution in [2.24, 2.45) is 0 Å². The van der Waals surface area contributed by atoms with Gasteiger partial charge in [0, 0.05) is 4.47 Å². The zero-order chi connectivity index (χ0) is 15.0. The van der Waals surface area contributed by atoms with Crippen LogP contribution in [-0.4, -0.2) is 46.5 Å². The maximum absolute atomic E-state index is 9.90. The number of hydrogen-bond acceptors (Lipinski definition) is 5. The van der Waals surface area contributed by atoms with Crippen LogP contribution in [0.2, 0.25) is 0 Å². The van der Waals surface area contributed by atoms with Gasteiger partial charge in [0.05, 0.1) is 6.61 Å². The molecule has 2 aromatic rings. The molecule has 3 N–H and O–H groups in total. The summed E-state index contributed by atoms with van der Waals surface area (Å²) in [4.78, 5) is 0. The monoisotopic (exact) mass is 354 g/mol. The molecular weight excluding hydrogens is 340 g/mol. The molecule has 21 heavy (non-hydrogen) atoms. The Morgan fingerprint density at radius 2 is 1.76 bits per heavy atom. The van der Waals surface area contributed by atoms with Gasteiger partial charge in [-0.15, -0.1) is 0 Å². The Balaban J connectivity index is 1.85. The molecule has 1 aliphatic heterocycles. The van der Waals surface area contributed by atoms with Gasteiger partial charge in [0.1, 0.15) is 18.0 Å². The van der Waals surface area contributed by atoms with E-state index >= 15 is 0 Å². The number of rotatable bonds is 2. The molecule has 0 spiro atoms. The third-order valence-corrected chi connectivity index (χ3v) is 3.99. The standard InChI is InChI=1S/C15H15BrO5/c16-10-3-1-9-6-11(4-2-8(9)5-10)21-14-13(18)12(17)7-20-15(14)19/h1-6,12-15,17-19H,7H2/t12-,13+,14-,15-/m1/s1. The predicted octanol–water partition coefficient (Wildman–Crippen LogP) is 1.42. The van der Waals surface area contributed by atoms with Crippen molar-refractivity contribution in [1.82, 2.24) is 0 Å². The van der Waals surface area contributed by atoms with Crippen molar-refractivity contribution in [2.75, 3.05) is 6.61 Å². The van der Waals surface area contributed by atoms with Crippen LogP contribution in [0.15, 0.2) is 40.9 Å². The van der Waals surface area contributed by atoms with Crippen molar-refractivity contribution in [3.05, 3.63) is 40.9 Å². The van der Waals surface area contributed by atoms with E-state index in [2.05, 4.69) is 15.9 Å². The topological polar surface area (TPSA) is 79.2 Å². The van der Waals surface area contributed by atoms with E-state index < -0.39 is 24.6 Å². The number of aliphatic hydroxyl groups excluding tert-OH is 3. The Morgan fingerprint density at radius 1 is 1.05 bits per heavy atom. The fourth-order valence-corrected chi connectivity index (χ4v) is 2.71. The quantitative estimate of drug-likeness (QED) is 0.760. The maximum atomic E-state index is 9.90. The molecule has 0 saturated carbocycles. The van der Waals surface area contributed by atoms with Crippen molar-refractivity contribution in [3.8, 4) is 5.75 Å². The van der Waals surface area contributed by atoms with Gasteiger partial charge in [-0.05, 0) is 35.0 Å². The number of halogens is 1. The molecule has 6 heteroatoms. The molecule has 0 radical (unpaired) electrons. The molecule has 1 aliphatic rings. The average molecular weight is 355 g/mol. The van der Waals surface area contributed by atoms with Crippen LogP contribution in [0.25, 0.3) is 10.8 Å². The van der Waals surface area contributed by atoms with Crippen molar-refractivity contribution in [3.63, 3.8) is 0 Å². The minimum absolute atomic E-state index is 0.117. The second-order valence-electron chi connectivity index (χ2n) is 5.02. The Labute approximate surface area is 129 Å². The third-order valence-electron chi connectivity index (χ3n) is 3.50.